The van der Waals surface area contributed by atoms with Crippen LogP contribution in [0.15, 0.2) is 18.3 Å². The zero-order valence-corrected chi connectivity index (χ0v) is 10.7. The first-order valence-corrected chi connectivity index (χ1v) is 6.66. The monoisotopic (exact) mass is 266 g/mol. The molecule has 1 aliphatic heterocycles. The number of amides is 1. The van der Waals surface area contributed by atoms with Crippen LogP contribution in [0.1, 0.15) is 29.8 Å². The van der Waals surface area contributed by atoms with Crippen LogP contribution in [0.2, 0.25) is 5.02 Å². The molecule has 1 aromatic rings. The highest BCUT2D eigenvalue weighted by molar-refractivity contribution is 6.30. The van der Waals surface area contributed by atoms with Gasteiger partial charge in [0.2, 0.25) is 0 Å². The minimum absolute atomic E-state index is 0.124. The number of hydrogen-bond donors (Lipinski definition) is 1. The highest BCUT2D eigenvalue weighted by atomic mass is 35.5. The van der Waals surface area contributed by atoms with E-state index in [1.54, 1.807) is 12.1 Å². The number of nitrogens with one attached hydrogen (secondary N) is 1. The van der Waals surface area contributed by atoms with Gasteiger partial charge in [0.1, 0.15) is 5.69 Å². The van der Waals surface area contributed by atoms with Crippen LogP contribution in [-0.4, -0.2) is 29.6 Å². The summed E-state index contributed by atoms with van der Waals surface area (Å²) in [5.41, 5.74) is 0.416. The number of hydrogen-bond acceptors (Lipinski definition) is 3. The first-order valence-electron chi connectivity index (χ1n) is 6.28. The van der Waals surface area contributed by atoms with E-state index in [4.69, 9.17) is 16.3 Å². The van der Waals surface area contributed by atoms with Crippen LogP contribution >= 0.6 is 11.6 Å². The van der Waals surface area contributed by atoms with E-state index in [1.807, 2.05) is 0 Å². The van der Waals surface area contributed by atoms with Crippen LogP contribution in [0, 0.1) is 5.92 Å². The Bertz CT molecular complexity index is 449. The maximum absolute atomic E-state index is 12.0. The molecule has 0 bridgehead atoms. The number of halogens is 1. The quantitative estimate of drug-likeness (QED) is 0.891. The Hall–Kier alpha value is -1.13. The molecule has 96 valence electrons. The molecule has 18 heavy (non-hydrogen) atoms. The molecule has 1 N–H and O–H groups in total. The standard InChI is InChI=1S/C13H15ClN2O2/c14-8-3-4-10(15-7-8)13(17)16-11-6-12-9(11)2-1-5-18-12/h3-4,7,9,11-12H,1-2,5-6H2,(H,16,17). The first-order chi connectivity index (χ1) is 8.74. The van der Waals surface area contributed by atoms with Gasteiger partial charge in [-0.3, -0.25) is 4.79 Å². The number of fused-ring (bicyclic) bond motifs is 1. The van der Waals surface area contributed by atoms with E-state index in [0.29, 0.717) is 22.7 Å². The van der Waals surface area contributed by atoms with Crippen molar-refractivity contribution >= 4 is 17.5 Å². The van der Waals surface area contributed by atoms with E-state index in [0.717, 1.165) is 25.9 Å². The molecule has 4 nitrogen and oxygen atoms in total. The molecule has 1 aliphatic carbocycles. The highest BCUT2D eigenvalue weighted by Gasteiger charge is 2.44. The average Bonchev–Trinajstić information content (AvgIpc) is 2.36. The van der Waals surface area contributed by atoms with Crippen molar-refractivity contribution in [3.05, 3.63) is 29.0 Å². The number of ether oxygens (including phenoxy) is 1. The average molecular weight is 267 g/mol. The van der Waals surface area contributed by atoms with E-state index >= 15 is 0 Å². The molecular weight excluding hydrogens is 252 g/mol. The van der Waals surface area contributed by atoms with Crippen LogP contribution < -0.4 is 5.32 Å². The summed E-state index contributed by atoms with van der Waals surface area (Å²) in [5, 5.41) is 3.56. The summed E-state index contributed by atoms with van der Waals surface area (Å²) in [7, 11) is 0. The van der Waals surface area contributed by atoms with Crippen molar-refractivity contribution in [2.24, 2.45) is 5.92 Å². The fourth-order valence-electron chi connectivity index (χ4n) is 2.71. The van der Waals surface area contributed by atoms with Gasteiger partial charge >= 0.3 is 0 Å². The number of carbonyl (C=O) groups excluding carboxylic acids is 1. The molecule has 1 saturated carbocycles. The topological polar surface area (TPSA) is 51.2 Å². The third kappa shape index (κ3) is 2.22. The molecular formula is C13H15ClN2O2. The molecule has 3 unspecified atom stereocenters. The summed E-state index contributed by atoms with van der Waals surface area (Å²) < 4.78 is 5.63. The van der Waals surface area contributed by atoms with Gasteiger partial charge in [-0.1, -0.05) is 11.6 Å². The Kier molecular flexibility index (Phi) is 3.22. The third-order valence-corrected chi connectivity index (χ3v) is 3.99. The van der Waals surface area contributed by atoms with Crippen molar-refractivity contribution < 1.29 is 9.53 Å². The second kappa shape index (κ2) is 4.86. The Labute approximate surface area is 111 Å². The fourth-order valence-corrected chi connectivity index (χ4v) is 2.83. The summed E-state index contributed by atoms with van der Waals surface area (Å²) in [4.78, 5) is 16.0. The summed E-state index contributed by atoms with van der Waals surface area (Å²) in [6, 6.07) is 3.56. The molecule has 3 rings (SSSR count). The van der Waals surface area contributed by atoms with Gasteiger partial charge in [0.15, 0.2) is 0 Å². The van der Waals surface area contributed by atoms with Crippen molar-refractivity contribution in [1.29, 1.82) is 0 Å². The van der Waals surface area contributed by atoms with Gasteiger partial charge < -0.3 is 10.1 Å². The van der Waals surface area contributed by atoms with Crippen molar-refractivity contribution in [2.75, 3.05) is 6.61 Å². The van der Waals surface area contributed by atoms with Crippen LogP contribution in [0.5, 0.6) is 0 Å². The van der Waals surface area contributed by atoms with Crippen molar-refractivity contribution in [3.63, 3.8) is 0 Å². The molecule has 1 amide bonds. The van der Waals surface area contributed by atoms with Gasteiger partial charge in [0.25, 0.3) is 5.91 Å². The molecule has 1 aromatic heterocycles. The van der Waals surface area contributed by atoms with E-state index < -0.39 is 0 Å². The Morgan fingerprint density at radius 3 is 3.11 bits per heavy atom. The lowest BCUT2D eigenvalue weighted by Crippen LogP contribution is -2.57. The molecule has 5 heteroatoms. The zero-order valence-electron chi connectivity index (χ0n) is 9.93. The molecule has 0 spiro atoms. The summed E-state index contributed by atoms with van der Waals surface area (Å²) in [6.07, 6.45) is 4.99. The van der Waals surface area contributed by atoms with Crippen LogP contribution in [0.25, 0.3) is 0 Å². The summed E-state index contributed by atoms with van der Waals surface area (Å²) in [5.74, 6) is 0.357. The van der Waals surface area contributed by atoms with Crippen molar-refractivity contribution in [2.45, 2.75) is 31.4 Å². The molecule has 1 saturated heterocycles. The van der Waals surface area contributed by atoms with Crippen molar-refractivity contribution in [1.82, 2.24) is 10.3 Å². The second-order valence-electron chi connectivity index (χ2n) is 4.89. The Balaban J connectivity index is 1.60. The lowest BCUT2D eigenvalue weighted by molar-refractivity contribution is -0.100. The van der Waals surface area contributed by atoms with Gasteiger partial charge in [0, 0.05) is 24.8 Å². The Morgan fingerprint density at radius 1 is 1.50 bits per heavy atom. The smallest absolute Gasteiger partial charge is 0.270 e. The number of nitrogens with zero attached hydrogens (tertiary/aromatic N) is 1. The van der Waals surface area contributed by atoms with Crippen LogP contribution in [-0.2, 0) is 4.74 Å². The van der Waals surface area contributed by atoms with E-state index in [1.165, 1.54) is 6.20 Å². The molecule has 2 fully saturated rings. The fraction of sp³-hybridized carbons (Fsp3) is 0.538. The van der Waals surface area contributed by atoms with Gasteiger partial charge in [-0.05, 0) is 31.4 Å². The minimum Gasteiger partial charge on any atom is -0.378 e. The van der Waals surface area contributed by atoms with Gasteiger partial charge in [-0.2, -0.15) is 0 Å². The molecule has 3 atom stereocenters. The molecule has 2 heterocycles. The van der Waals surface area contributed by atoms with Gasteiger partial charge in [0.05, 0.1) is 11.1 Å². The number of carbonyl (C=O) groups is 1. The van der Waals surface area contributed by atoms with E-state index in [-0.39, 0.29) is 11.9 Å². The third-order valence-electron chi connectivity index (χ3n) is 3.77. The van der Waals surface area contributed by atoms with E-state index in [2.05, 4.69) is 10.3 Å². The molecule has 2 aliphatic rings. The predicted molar refractivity (Wildman–Crippen MR) is 67.6 cm³/mol. The SMILES string of the molecule is O=C(NC1CC2OCCCC12)c1ccc(Cl)cn1. The van der Waals surface area contributed by atoms with Crippen molar-refractivity contribution in [3.8, 4) is 0 Å². The largest absolute Gasteiger partial charge is 0.378 e. The summed E-state index contributed by atoms with van der Waals surface area (Å²) in [6.45, 7) is 0.862. The zero-order chi connectivity index (χ0) is 12.5. The number of aromatic nitrogens is 1. The summed E-state index contributed by atoms with van der Waals surface area (Å²) >= 11 is 5.74. The molecule has 0 aromatic carbocycles. The maximum atomic E-state index is 12.0. The highest BCUT2D eigenvalue weighted by Crippen LogP contribution is 2.37. The van der Waals surface area contributed by atoms with Crippen LogP contribution in [0.3, 0.4) is 0 Å². The van der Waals surface area contributed by atoms with Crippen LogP contribution in [0.4, 0.5) is 0 Å². The number of pyridine rings is 1. The normalized spacial score (nSPS) is 30.2. The maximum Gasteiger partial charge on any atom is 0.270 e. The van der Waals surface area contributed by atoms with Gasteiger partial charge in [-0.15, -0.1) is 0 Å². The predicted octanol–water partition coefficient (Wildman–Crippen LogP) is 2.03. The lowest BCUT2D eigenvalue weighted by atomic mass is 9.72. The lowest BCUT2D eigenvalue weighted by Gasteiger charge is -2.47. The van der Waals surface area contributed by atoms with Gasteiger partial charge in [-0.25, -0.2) is 4.98 Å². The van der Waals surface area contributed by atoms with E-state index in [9.17, 15) is 4.79 Å². The Morgan fingerprint density at radius 2 is 2.39 bits per heavy atom. The first kappa shape index (κ1) is 11.9. The molecule has 0 radical (unpaired) electrons. The number of rotatable bonds is 2. The second-order valence-corrected chi connectivity index (χ2v) is 5.33. The minimum atomic E-state index is -0.124.